The maximum Gasteiger partial charge on any atom is 0.253 e. The van der Waals surface area contributed by atoms with Gasteiger partial charge >= 0.3 is 0 Å². The van der Waals surface area contributed by atoms with E-state index in [-0.39, 0.29) is 24.8 Å². The van der Waals surface area contributed by atoms with Crippen molar-refractivity contribution in [1.82, 2.24) is 15.4 Å². The first-order valence-corrected chi connectivity index (χ1v) is 6.93. The molecule has 1 aromatic rings. The molecule has 1 aromatic heterocycles. The van der Waals surface area contributed by atoms with Crippen molar-refractivity contribution < 1.29 is 18.8 Å². The van der Waals surface area contributed by atoms with Crippen LogP contribution in [0.2, 0.25) is 0 Å². The molecule has 0 radical (unpaired) electrons. The van der Waals surface area contributed by atoms with Crippen molar-refractivity contribution in [3.8, 4) is 0 Å². The molecule has 2 heterocycles. The maximum atomic E-state index is 12.4. The molecular formula is C14H21N3O4. The van der Waals surface area contributed by atoms with Crippen molar-refractivity contribution >= 4 is 11.8 Å². The van der Waals surface area contributed by atoms with Crippen LogP contribution >= 0.6 is 0 Å². The summed E-state index contributed by atoms with van der Waals surface area (Å²) in [5.74, 6) is 0.378. The van der Waals surface area contributed by atoms with E-state index in [4.69, 9.17) is 9.26 Å². The number of ether oxygens (including phenoxy) is 1. The van der Waals surface area contributed by atoms with Crippen molar-refractivity contribution in [2.75, 3.05) is 26.7 Å². The predicted molar refractivity (Wildman–Crippen MR) is 74.7 cm³/mol. The average Bonchev–Trinajstić information content (AvgIpc) is 2.78. The van der Waals surface area contributed by atoms with Crippen LogP contribution in [0.1, 0.15) is 23.9 Å². The molecule has 0 bridgehead atoms. The molecule has 7 heteroatoms. The molecule has 0 spiro atoms. The van der Waals surface area contributed by atoms with Crippen molar-refractivity contribution in [1.29, 1.82) is 0 Å². The summed E-state index contributed by atoms with van der Waals surface area (Å²) in [6, 6.07) is 0. The minimum Gasteiger partial charge on any atom is -0.362 e. The van der Waals surface area contributed by atoms with Gasteiger partial charge in [-0.2, -0.15) is 0 Å². The highest BCUT2D eigenvalue weighted by molar-refractivity contribution is 5.86. The van der Waals surface area contributed by atoms with Gasteiger partial charge in [0.1, 0.15) is 5.76 Å². The number of hydrogen-bond donors (Lipinski definition) is 1. The van der Waals surface area contributed by atoms with Gasteiger partial charge in [0.05, 0.1) is 25.3 Å². The fraction of sp³-hybridized carbons (Fsp3) is 0.643. The molecule has 1 N–H and O–H groups in total. The number of carbonyl (C=O) groups excluding carboxylic acids is 2. The quantitative estimate of drug-likeness (QED) is 0.861. The number of nitrogens with zero attached hydrogens (tertiary/aromatic N) is 2. The van der Waals surface area contributed by atoms with Gasteiger partial charge in [-0.15, -0.1) is 0 Å². The van der Waals surface area contributed by atoms with Crippen molar-refractivity contribution in [3.63, 3.8) is 0 Å². The van der Waals surface area contributed by atoms with Gasteiger partial charge in [0.25, 0.3) is 5.91 Å². The van der Waals surface area contributed by atoms with Gasteiger partial charge < -0.3 is 19.5 Å². The molecule has 1 atom stereocenters. The van der Waals surface area contributed by atoms with E-state index in [0.717, 1.165) is 11.3 Å². The first-order chi connectivity index (χ1) is 9.87. The van der Waals surface area contributed by atoms with Crippen molar-refractivity contribution in [3.05, 3.63) is 17.0 Å². The summed E-state index contributed by atoms with van der Waals surface area (Å²) in [4.78, 5) is 26.0. The van der Waals surface area contributed by atoms with Gasteiger partial charge in [-0.25, -0.2) is 0 Å². The average molecular weight is 295 g/mol. The fourth-order valence-electron chi connectivity index (χ4n) is 2.50. The first-order valence-electron chi connectivity index (χ1n) is 6.93. The highest BCUT2D eigenvalue weighted by Gasteiger charge is 2.40. The topological polar surface area (TPSA) is 84.7 Å². The molecule has 7 nitrogen and oxygen atoms in total. The molecule has 116 valence electrons. The minimum absolute atomic E-state index is 0.0529. The van der Waals surface area contributed by atoms with Gasteiger partial charge in [0, 0.05) is 19.2 Å². The zero-order chi connectivity index (χ0) is 15.6. The number of likely N-dealkylation sites (N-methyl/N-ethyl adjacent to an activating group) is 1. The summed E-state index contributed by atoms with van der Waals surface area (Å²) in [6.07, 6.45) is 0.227. The molecule has 1 aliphatic rings. The van der Waals surface area contributed by atoms with Crippen LogP contribution in [0, 0.1) is 13.8 Å². The van der Waals surface area contributed by atoms with E-state index in [1.807, 2.05) is 6.92 Å². The summed E-state index contributed by atoms with van der Waals surface area (Å²) in [5.41, 5.74) is 0.540. The Morgan fingerprint density at radius 3 is 2.71 bits per heavy atom. The second-order valence-electron chi connectivity index (χ2n) is 5.45. The van der Waals surface area contributed by atoms with Crippen LogP contribution in [0.4, 0.5) is 0 Å². The van der Waals surface area contributed by atoms with E-state index in [2.05, 4.69) is 10.5 Å². The monoisotopic (exact) mass is 295 g/mol. The van der Waals surface area contributed by atoms with E-state index in [1.54, 1.807) is 25.8 Å². The summed E-state index contributed by atoms with van der Waals surface area (Å²) >= 11 is 0. The summed E-state index contributed by atoms with van der Waals surface area (Å²) < 4.78 is 10.6. The zero-order valence-electron chi connectivity index (χ0n) is 12.9. The zero-order valence-corrected chi connectivity index (χ0v) is 12.9. The van der Waals surface area contributed by atoms with Crippen LogP contribution in [0.3, 0.4) is 0 Å². The number of carbonyl (C=O) groups is 2. The van der Waals surface area contributed by atoms with E-state index >= 15 is 0 Å². The van der Waals surface area contributed by atoms with Gasteiger partial charge in [-0.1, -0.05) is 5.16 Å². The Hall–Kier alpha value is -1.89. The third-order valence-electron chi connectivity index (χ3n) is 3.84. The highest BCUT2D eigenvalue weighted by atomic mass is 16.5. The number of aromatic nitrogens is 1. The van der Waals surface area contributed by atoms with Gasteiger partial charge in [0.2, 0.25) is 5.91 Å². The number of rotatable bonds is 3. The molecule has 2 amide bonds. The molecular weight excluding hydrogens is 274 g/mol. The smallest absolute Gasteiger partial charge is 0.253 e. The van der Waals surface area contributed by atoms with Gasteiger partial charge in [-0.05, 0) is 20.8 Å². The van der Waals surface area contributed by atoms with Crippen LogP contribution in [0.15, 0.2) is 4.52 Å². The van der Waals surface area contributed by atoms with Crippen molar-refractivity contribution in [2.45, 2.75) is 32.8 Å². The van der Waals surface area contributed by atoms with Crippen LogP contribution in [0.25, 0.3) is 0 Å². The standard InChI is InChI=1S/C14H21N3O4/c1-9-11(10(2)21-16-9)7-12(18)17-5-6-20-14(3,8-17)13(19)15-4/h5-8H2,1-4H3,(H,15,19)/t14-/m0/s1. The van der Waals surface area contributed by atoms with Gasteiger partial charge in [0.15, 0.2) is 5.60 Å². The Kier molecular flexibility index (Phi) is 4.32. The van der Waals surface area contributed by atoms with Crippen molar-refractivity contribution in [2.24, 2.45) is 0 Å². The Labute approximate surface area is 123 Å². The van der Waals surface area contributed by atoms with Crippen LogP contribution in [-0.2, 0) is 20.7 Å². The number of amides is 2. The third kappa shape index (κ3) is 3.07. The second kappa shape index (κ2) is 5.85. The molecule has 0 aliphatic carbocycles. The number of hydrogen-bond acceptors (Lipinski definition) is 5. The second-order valence-corrected chi connectivity index (χ2v) is 5.45. The predicted octanol–water partition coefficient (Wildman–Crippen LogP) is 0.197. The SMILES string of the molecule is CNC(=O)[C@]1(C)CN(C(=O)Cc2c(C)noc2C)CCO1. The lowest BCUT2D eigenvalue weighted by molar-refractivity contribution is -0.162. The number of morpholine rings is 1. The molecule has 0 unspecified atom stereocenters. The van der Waals surface area contributed by atoms with E-state index in [9.17, 15) is 9.59 Å². The lowest BCUT2D eigenvalue weighted by Crippen LogP contribution is -2.59. The normalized spacial score (nSPS) is 22.2. The summed E-state index contributed by atoms with van der Waals surface area (Å²) in [6.45, 7) is 6.37. The lowest BCUT2D eigenvalue weighted by Gasteiger charge is -2.39. The third-order valence-corrected chi connectivity index (χ3v) is 3.84. The Morgan fingerprint density at radius 2 is 2.14 bits per heavy atom. The minimum atomic E-state index is -0.999. The first kappa shape index (κ1) is 15.5. The summed E-state index contributed by atoms with van der Waals surface area (Å²) in [5, 5.41) is 6.42. The molecule has 1 fully saturated rings. The number of aryl methyl sites for hydroxylation is 2. The fourth-order valence-corrected chi connectivity index (χ4v) is 2.50. The van der Waals surface area contributed by atoms with E-state index < -0.39 is 5.60 Å². The molecule has 1 saturated heterocycles. The van der Waals surface area contributed by atoms with Crippen LogP contribution in [-0.4, -0.2) is 54.2 Å². The van der Waals surface area contributed by atoms with Crippen LogP contribution in [0.5, 0.6) is 0 Å². The molecule has 2 rings (SSSR count). The molecule has 0 saturated carbocycles. The maximum absolute atomic E-state index is 12.4. The van der Waals surface area contributed by atoms with E-state index in [1.165, 1.54) is 0 Å². The van der Waals surface area contributed by atoms with Crippen LogP contribution < -0.4 is 5.32 Å². The molecule has 0 aromatic carbocycles. The number of nitrogens with one attached hydrogen (secondary N) is 1. The largest absolute Gasteiger partial charge is 0.362 e. The molecule has 21 heavy (non-hydrogen) atoms. The lowest BCUT2D eigenvalue weighted by atomic mass is 10.0. The summed E-state index contributed by atoms with van der Waals surface area (Å²) in [7, 11) is 1.56. The molecule has 1 aliphatic heterocycles. The Balaban J connectivity index is 2.08. The highest BCUT2D eigenvalue weighted by Crippen LogP contribution is 2.20. The van der Waals surface area contributed by atoms with E-state index in [0.29, 0.717) is 18.9 Å². The Morgan fingerprint density at radius 1 is 1.43 bits per heavy atom. The van der Waals surface area contributed by atoms with Gasteiger partial charge in [-0.3, -0.25) is 9.59 Å². The Bertz CT molecular complexity index is 535.